The van der Waals surface area contributed by atoms with Crippen molar-refractivity contribution in [1.29, 1.82) is 0 Å². The fraction of sp³-hybridized carbons (Fsp3) is 0.364. The number of carbonyl (C=O) groups excluding carboxylic acids is 2. The molecule has 0 saturated heterocycles. The largest absolute Gasteiger partial charge is 0.399 e. The van der Waals surface area contributed by atoms with Crippen LogP contribution < -0.4 is 11.5 Å². The van der Waals surface area contributed by atoms with Crippen molar-refractivity contribution >= 4 is 22.9 Å². The van der Waals surface area contributed by atoms with Crippen molar-refractivity contribution in [2.24, 2.45) is 11.8 Å². The molecular weight excluding hydrogens is 324 g/mol. The van der Waals surface area contributed by atoms with E-state index >= 15 is 0 Å². The lowest BCUT2D eigenvalue weighted by Gasteiger charge is -2.07. The summed E-state index contributed by atoms with van der Waals surface area (Å²) in [4.78, 5) is 22.0. The minimum absolute atomic E-state index is 0.101. The molecule has 4 heteroatoms. The summed E-state index contributed by atoms with van der Waals surface area (Å²) in [7, 11) is 0. The number of Topliss-reactive ketones (excluding diaryl/α,β-unsaturated/α-hetero) is 2. The Labute approximate surface area is 156 Å². The summed E-state index contributed by atoms with van der Waals surface area (Å²) in [6.07, 6.45) is 1.60. The number of anilines is 2. The van der Waals surface area contributed by atoms with Gasteiger partial charge in [-0.15, -0.1) is 0 Å². The number of carbonyl (C=O) groups is 2. The number of hydrogen-bond donors (Lipinski definition) is 2. The van der Waals surface area contributed by atoms with Gasteiger partial charge in [0.05, 0.1) is 0 Å². The normalized spacial score (nSPS) is 12.5. The van der Waals surface area contributed by atoms with E-state index in [9.17, 15) is 9.59 Å². The molecule has 0 bridgehead atoms. The van der Waals surface area contributed by atoms with E-state index in [2.05, 4.69) is 0 Å². The van der Waals surface area contributed by atoms with Crippen LogP contribution >= 0.6 is 0 Å². The van der Waals surface area contributed by atoms with E-state index in [0.29, 0.717) is 0 Å². The molecule has 0 spiro atoms. The molecule has 0 radical (unpaired) electrons. The minimum Gasteiger partial charge on any atom is -0.399 e. The van der Waals surface area contributed by atoms with Crippen LogP contribution in [0, 0.1) is 11.8 Å². The maximum Gasteiger partial charge on any atom is 0.132 e. The van der Waals surface area contributed by atoms with Crippen molar-refractivity contribution in [3.8, 4) is 0 Å². The average Bonchev–Trinajstić information content (AvgIpc) is 2.59. The van der Waals surface area contributed by atoms with Gasteiger partial charge in [0, 0.05) is 23.2 Å². The van der Waals surface area contributed by atoms with Gasteiger partial charge < -0.3 is 11.5 Å². The first-order valence-corrected chi connectivity index (χ1v) is 8.88. The van der Waals surface area contributed by atoms with E-state index in [1.807, 2.05) is 62.4 Å². The van der Waals surface area contributed by atoms with Gasteiger partial charge in [-0.3, -0.25) is 9.59 Å². The molecule has 0 saturated carbocycles. The molecule has 0 aliphatic carbocycles. The summed E-state index contributed by atoms with van der Waals surface area (Å²) in [6.45, 7) is 7.14. The highest BCUT2D eigenvalue weighted by molar-refractivity contribution is 5.78. The van der Waals surface area contributed by atoms with Crippen molar-refractivity contribution in [2.45, 2.75) is 40.5 Å². The maximum absolute atomic E-state index is 11.0. The van der Waals surface area contributed by atoms with Crippen LogP contribution in [0.4, 0.5) is 11.4 Å². The summed E-state index contributed by atoms with van der Waals surface area (Å²) in [5, 5.41) is 0. The molecule has 0 aliphatic rings. The molecule has 4 nitrogen and oxygen atoms in total. The van der Waals surface area contributed by atoms with Crippen LogP contribution in [0.3, 0.4) is 0 Å². The average molecular weight is 354 g/mol. The quantitative estimate of drug-likeness (QED) is 0.766. The first-order chi connectivity index (χ1) is 12.2. The van der Waals surface area contributed by atoms with E-state index in [-0.39, 0.29) is 23.4 Å². The van der Waals surface area contributed by atoms with Crippen LogP contribution in [-0.4, -0.2) is 11.6 Å². The predicted molar refractivity (Wildman–Crippen MR) is 109 cm³/mol. The lowest BCUT2D eigenvalue weighted by Crippen LogP contribution is -2.09. The van der Waals surface area contributed by atoms with E-state index in [1.54, 1.807) is 13.8 Å². The Kier molecular flexibility index (Phi) is 8.56. The molecule has 4 N–H and O–H groups in total. The third kappa shape index (κ3) is 7.97. The standard InChI is InChI=1S/2C11H15NO/c2*1-8(9(2)13)7-10-3-5-11(12)6-4-10/h2*3-6,8H,7,12H2,1-2H3/t2*8-/m10/s1. The number of ketones is 2. The van der Waals surface area contributed by atoms with Crippen molar-refractivity contribution in [1.82, 2.24) is 0 Å². The highest BCUT2D eigenvalue weighted by Gasteiger charge is 2.08. The molecular formula is C22H30N2O2. The number of benzene rings is 2. The van der Waals surface area contributed by atoms with Crippen molar-refractivity contribution in [3.63, 3.8) is 0 Å². The molecule has 2 aromatic carbocycles. The molecule has 0 amide bonds. The molecule has 2 rings (SSSR count). The van der Waals surface area contributed by atoms with E-state index in [1.165, 1.54) is 0 Å². The second kappa shape index (κ2) is 10.4. The molecule has 0 heterocycles. The highest BCUT2D eigenvalue weighted by atomic mass is 16.1. The van der Waals surface area contributed by atoms with Crippen LogP contribution in [-0.2, 0) is 22.4 Å². The second-order valence-corrected chi connectivity index (χ2v) is 6.91. The summed E-state index contributed by atoms with van der Waals surface area (Å²) in [5.41, 5.74) is 15.0. The van der Waals surface area contributed by atoms with Crippen LogP contribution in [0.15, 0.2) is 48.5 Å². The third-order valence-electron chi connectivity index (χ3n) is 4.43. The van der Waals surface area contributed by atoms with Gasteiger partial charge in [0.1, 0.15) is 11.6 Å². The minimum atomic E-state index is 0.101. The predicted octanol–water partition coefficient (Wildman–Crippen LogP) is 4.07. The van der Waals surface area contributed by atoms with Crippen LogP contribution in [0.2, 0.25) is 0 Å². The van der Waals surface area contributed by atoms with Gasteiger partial charge in [-0.05, 0) is 62.1 Å². The van der Waals surface area contributed by atoms with Crippen molar-refractivity contribution in [2.75, 3.05) is 11.5 Å². The fourth-order valence-corrected chi connectivity index (χ4v) is 2.30. The Bertz CT molecular complexity index is 642. The van der Waals surface area contributed by atoms with E-state index in [0.717, 1.165) is 35.3 Å². The lowest BCUT2D eigenvalue weighted by molar-refractivity contribution is -0.121. The third-order valence-corrected chi connectivity index (χ3v) is 4.43. The molecule has 0 aliphatic heterocycles. The van der Waals surface area contributed by atoms with Crippen LogP contribution in [0.5, 0.6) is 0 Å². The first kappa shape index (κ1) is 21.4. The maximum atomic E-state index is 11.0. The smallest absolute Gasteiger partial charge is 0.132 e. The Balaban J connectivity index is 0.000000260. The SMILES string of the molecule is CC(=O)[C@@H](C)Cc1ccc(N)cc1.CC(=O)[C@H](C)Cc1ccc(N)cc1. The molecule has 2 aromatic rings. The lowest BCUT2D eigenvalue weighted by atomic mass is 9.98. The van der Waals surface area contributed by atoms with E-state index in [4.69, 9.17) is 11.5 Å². The zero-order valence-corrected chi connectivity index (χ0v) is 16.2. The molecule has 0 fully saturated rings. The topological polar surface area (TPSA) is 86.2 Å². The zero-order chi connectivity index (χ0) is 19.7. The number of nitrogens with two attached hydrogens (primary N) is 2. The Morgan fingerprint density at radius 2 is 0.962 bits per heavy atom. The number of rotatable bonds is 6. The molecule has 26 heavy (non-hydrogen) atoms. The van der Waals surface area contributed by atoms with Gasteiger partial charge in [0.2, 0.25) is 0 Å². The second-order valence-electron chi connectivity index (χ2n) is 6.91. The summed E-state index contributed by atoms with van der Waals surface area (Å²) < 4.78 is 0. The molecule has 0 unspecified atom stereocenters. The summed E-state index contributed by atoms with van der Waals surface area (Å²) in [5.74, 6) is 0.667. The highest BCUT2D eigenvalue weighted by Crippen LogP contribution is 2.12. The monoisotopic (exact) mass is 354 g/mol. The fourth-order valence-electron chi connectivity index (χ4n) is 2.30. The molecule has 2 atom stereocenters. The van der Waals surface area contributed by atoms with Crippen molar-refractivity contribution in [3.05, 3.63) is 59.7 Å². The molecule has 0 aromatic heterocycles. The van der Waals surface area contributed by atoms with Gasteiger partial charge >= 0.3 is 0 Å². The number of hydrogen-bond acceptors (Lipinski definition) is 4. The Morgan fingerprint density at radius 1 is 0.692 bits per heavy atom. The van der Waals surface area contributed by atoms with Crippen molar-refractivity contribution < 1.29 is 9.59 Å². The zero-order valence-electron chi connectivity index (χ0n) is 16.2. The van der Waals surface area contributed by atoms with Crippen LogP contribution in [0.1, 0.15) is 38.8 Å². The van der Waals surface area contributed by atoms with Gasteiger partial charge in [-0.1, -0.05) is 38.1 Å². The van der Waals surface area contributed by atoms with Gasteiger partial charge in [0.15, 0.2) is 0 Å². The number of nitrogen functional groups attached to an aromatic ring is 2. The van der Waals surface area contributed by atoms with E-state index < -0.39 is 0 Å². The summed E-state index contributed by atoms with van der Waals surface area (Å²) in [6, 6.07) is 15.3. The first-order valence-electron chi connectivity index (χ1n) is 8.88. The van der Waals surface area contributed by atoms with Gasteiger partial charge in [-0.25, -0.2) is 0 Å². The molecule has 140 valence electrons. The summed E-state index contributed by atoms with van der Waals surface area (Å²) >= 11 is 0. The van der Waals surface area contributed by atoms with Gasteiger partial charge in [0.25, 0.3) is 0 Å². The Morgan fingerprint density at radius 3 is 1.19 bits per heavy atom. The van der Waals surface area contributed by atoms with Crippen LogP contribution in [0.25, 0.3) is 0 Å². The van der Waals surface area contributed by atoms with Gasteiger partial charge in [-0.2, -0.15) is 0 Å². The Hall–Kier alpha value is -2.62.